The van der Waals surface area contributed by atoms with Crippen molar-refractivity contribution in [1.29, 1.82) is 0 Å². The summed E-state index contributed by atoms with van der Waals surface area (Å²) >= 11 is 5.63. The van der Waals surface area contributed by atoms with Crippen LogP contribution in [0.5, 0.6) is 6.01 Å². The minimum atomic E-state index is -2.54. The molecule has 0 amide bonds. The van der Waals surface area contributed by atoms with E-state index in [-0.39, 0.29) is 11.2 Å². The van der Waals surface area contributed by atoms with Gasteiger partial charge in [0.2, 0.25) is 0 Å². The first kappa shape index (κ1) is 4.13. The van der Waals surface area contributed by atoms with Crippen molar-refractivity contribution in [2.45, 2.75) is 6.92 Å². The summed E-state index contributed by atoms with van der Waals surface area (Å²) in [6.45, 7) is 1.71. The lowest BCUT2D eigenvalue weighted by molar-refractivity contribution is 0.379. The maximum absolute atomic E-state index is 6.78. The summed E-state index contributed by atoms with van der Waals surface area (Å²) in [5.41, 5.74) is 0.666. The molecule has 0 saturated carbocycles. The normalized spacial score (nSPS) is 15.2. The minimum absolute atomic E-state index is 0.189. The fourth-order valence-corrected chi connectivity index (χ4v) is 0.577. The van der Waals surface area contributed by atoms with E-state index in [4.69, 9.17) is 15.7 Å². The van der Waals surface area contributed by atoms with E-state index in [1.54, 1.807) is 6.92 Å². The fourth-order valence-electron chi connectivity index (χ4n) is 0.455. The Labute approximate surface area is 68.2 Å². The molecule has 54 valence electrons. The third-order valence-corrected chi connectivity index (χ3v) is 1.36. The maximum Gasteiger partial charge on any atom is 0.317 e. The molecule has 0 fully saturated rings. The van der Waals surface area contributed by atoms with Crippen LogP contribution in [0.25, 0.3) is 0 Å². The van der Waals surface area contributed by atoms with Crippen LogP contribution in [0.4, 0.5) is 0 Å². The number of aryl methyl sites for hydroxylation is 1. The van der Waals surface area contributed by atoms with E-state index in [1.165, 1.54) is 6.20 Å². The summed E-state index contributed by atoms with van der Waals surface area (Å²) < 4.78 is 24.8. The number of ether oxygens (including phenoxy) is 1. The predicted molar refractivity (Wildman–Crippen MR) is 38.3 cm³/mol. The van der Waals surface area contributed by atoms with Crippen LogP contribution in [0.2, 0.25) is 5.15 Å². The smallest absolute Gasteiger partial charge is 0.317 e. The van der Waals surface area contributed by atoms with Crippen LogP contribution in [0.3, 0.4) is 0 Å². The van der Waals surface area contributed by atoms with Crippen molar-refractivity contribution in [2.24, 2.45) is 0 Å². The monoisotopic (exact) mass is 161 g/mol. The molecule has 0 aliphatic carbocycles. The Bertz CT molecular complexity index is 315. The summed E-state index contributed by atoms with van der Waals surface area (Å²) in [6.07, 6.45) is 1.40. The van der Waals surface area contributed by atoms with Crippen LogP contribution in [0.15, 0.2) is 6.20 Å². The molecule has 0 N–H and O–H groups in total. The number of methoxy groups -OCH3 is 1. The summed E-state index contributed by atoms with van der Waals surface area (Å²) in [4.78, 5) is 7.28. The van der Waals surface area contributed by atoms with Gasteiger partial charge in [0.15, 0.2) is 0 Å². The predicted octanol–water partition coefficient (Wildman–Crippen LogP) is 1.45. The minimum Gasteiger partial charge on any atom is -0.467 e. The highest BCUT2D eigenvalue weighted by Crippen LogP contribution is 2.12. The Morgan fingerprint density at radius 1 is 1.80 bits per heavy atom. The quantitative estimate of drug-likeness (QED) is 0.585. The zero-order chi connectivity index (χ0) is 10.1. The number of halogens is 1. The van der Waals surface area contributed by atoms with Crippen molar-refractivity contribution in [1.82, 2.24) is 9.97 Å². The summed E-state index contributed by atoms with van der Waals surface area (Å²) in [5.74, 6) is 0. The third-order valence-electron chi connectivity index (χ3n) is 0.979. The van der Waals surface area contributed by atoms with Gasteiger partial charge in [0.1, 0.15) is 5.15 Å². The second-order valence-electron chi connectivity index (χ2n) is 1.73. The molecule has 0 unspecified atom stereocenters. The van der Waals surface area contributed by atoms with Crippen molar-refractivity contribution in [3.05, 3.63) is 16.9 Å². The molecule has 1 aromatic rings. The molecule has 0 bridgehead atoms. The molecule has 1 heterocycles. The number of aromatic nitrogens is 2. The lowest BCUT2D eigenvalue weighted by Crippen LogP contribution is -1.92. The van der Waals surface area contributed by atoms with Gasteiger partial charge >= 0.3 is 6.01 Å². The van der Waals surface area contributed by atoms with Crippen LogP contribution in [-0.2, 0) is 0 Å². The van der Waals surface area contributed by atoms with Gasteiger partial charge in [0, 0.05) is 11.8 Å². The topological polar surface area (TPSA) is 35.0 Å². The van der Waals surface area contributed by atoms with Gasteiger partial charge in [-0.2, -0.15) is 4.98 Å². The average Bonchev–Trinajstić information content (AvgIpc) is 1.94. The summed E-state index contributed by atoms with van der Waals surface area (Å²) in [7, 11) is -2.54. The maximum atomic E-state index is 6.78. The number of nitrogens with zero attached hydrogens (tertiary/aromatic N) is 2. The average molecular weight is 162 g/mol. The van der Waals surface area contributed by atoms with E-state index in [0.29, 0.717) is 5.56 Å². The zero-order valence-electron chi connectivity index (χ0n) is 8.26. The van der Waals surface area contributed by atoms with Crippen LogP contribution in [0, 0.1) is 6.92 Å². The van der Waals surface area contributed by atoms with Crippen molar-refractivity contribution < 1.29 is 8.85 Å². The van der Waals surface area contributed by atoms with E-state index >= 15 is 0 Å². The Balaban J connectivity index is 2.86. The Morgan fingerprint density at radius 2 is 2.60 bits per heavy atom. The molecule has 1 aromatic heterocycles. The highest BCUT2D eigenvalue weighted by atomic mass is 35.5. The molecule has 0 atom stereocenters. The molecular formula is C6H7ClN2O. The van der Waals surface area contributed by atoms with E-state index in [9.17, 15) is 0 Å². The summed E-state index contributed by atoms with van der Waals surface area (Å²) in [6, 6.07) is -0.240. The van der Waals surface area contributed by atoms with Gasteiger partial charge in [-0.15, -0.1) is 0 Å². The molecule has 0 spiro atoms. The second kappa shape index (κ2) is 2.84. The Hall–Kier alpha value is -0.830. The molecule has 0 aliphatic rings. The molecule has 0 radical (unpaired) electrons. The lowest BCUT2D eigenvalue weighted by Gasteiger charge is -1.98. The molecule has 4 heteroatoms. The van der Waals surface area contributed by atoms with Gasteiger partial charge in [-0.05, 0) is 6.92 Å². The van der Waals surface area contributed by atoms with Crippen molar-refractivity contribution in [3.63, 3.8) is 0 Å². The van der Waals surface area contributed by atoms with Crippen LogP contribution < -0.4 is 4.74 Å². The Morgan fingerprint density at radius 3 is 3.20 bits per heavy atom. The van der Waals surface area contributed by atoms with Crippen molar-refractivity contribution >= 4 is 11.6 Å². The van der Waals surface area contributed by atoms with Gasteiger partial charge in [-0.25, -0.2) is 4.98 Å². The third kappa shape index (κ3) is 1.36. The van der Waals surface area contributed by atoms with E-state index < -0.39 is 7.04 Å². The van der Waals surface area contributed by atoms with Gasteiger partial charge in [-0.1, -0.05) is 11.6 Å². The van der Waals surface area contributed by atoms with Gasteiger partial charge in [0.25, 0.3) is 0 Å². The van der Waals surface area contributed by atoms with Crippen LogP contribution in [0.1, 0.15) is 9.68 Å². The molecule has 0 aliphatic heterocycles. The zero-order valence-corrected chi connectivity index (χ0v) is 6.01. The summed E-state index contributed by atoms with van der Waals surface area (Å²) in [5, 5.41) is 0.189. The van der Waals surface area contributed by atoms with Crippen molar-refractivity contribution in [3.8, 4) is 6.01 Å². The van der Waals surface area contributed by atoms with Gasteiger partial charge in [0.05, 0.1) is 11.2 Å². The highest BCUT2D eigenvalue weighted by Gasteiger charge is 1.98. The highest BCUT2D eigenvalue weighted by molar-refractivity contribution is 6.30. The second-order valence-corrected chi connectivity index (χ2v) is 2.09. The first-order valence-corrected chi connectivity index (χ1v) is 2.94. The van der Waals surface area contributed by atoms with E-state index in [1.807, 2.05) is 0 Å². The number of hydrogen-bond donors (Lipinski definition) is 0. The first-order chi connectivity index (χ1) is 5.88. The molecule has 0 saturated heterocycles. The molecule has 1 rings (SSSR count). The van der Waals surface area contributed by atoms with Gasteiger partial charge < -0.3 is 4.74 Å². The molecule has 3 nitrogen and oxygen atoms in total. The van der Waals surface area contributed by atoms with Gasteiger partial charge in [-0.3, -0.25) is 0 Å². The molecule has 0 aromatic carbocycles. The molecule has 10 heavy (non-hydrogen) atoms. The SMILES string of the molecule is [2H]C([2H])([2H])Oc1ncc(C)c(Cl)n1. The fraction of sp³-hybridized carbons (Fsp3) is 0.333. The Kier molecular flexibility index (Phi) is 1.17. The standard InChI is InChI=1S/C6H7ClN2O/c1-4-3-8-6(10-2)9-5(4)7/h3H,1-2H3/i2D3. The number of rotatable bonds is 1. The molecular weight excluding hydrogens is 152 g/mol. The lowest BCUT2D eigenvalue weighted by atomic mass is 10.4. The van der Waals surface area contributed by atoms with E-state index in [0.717, 1.165) is 0 Å². The van der Waals surface area contributed by atoms with E-state index in [2.05, 4.69) is 14.7 Å². The largest absolute Gasteiger partial charge is 0.467 e. The first-order valence-electron chi connectivity index (χ1n) is 4.06. The van der Waals surface area contributed by atoms with Crippen LogP contribution in [-0.4, -0.2) is 17.0 Å². The van der Waals surface area contributed by atoms with Crippen LogP contribution >= 0.6 is 11.6 Å². The van der Waals surface area contributed by atoms with Crippen molar-refractivity contribution in [2.75, 3.05) is 7.04 Å². The number of hydrogen-bond acceptors (Lipinski definition) is 3.